The SMILES string of the molecule is CC(=O)Nc1ccc(S(=O)(=O)Nc2ccc(N3CCCC3)c(C(=O)NCc3ccccc3)c2)cc1. The summed E-state index contributed by atoms with van der Waals surface area (Å²) in [5, 5.41) is 5.55. The Morgan fingerprint density at radius 1 is 0.886 bits per heavy atom. The minimum atomic E-state index is -3.90. The van der Waals surface area contributed by atoms with Gasteiger partial charge >= 0.3 is 0 Å². The average Bonchev–Trinajstić information content (AvgIpc) is 3.38. The van der Waals surface area contributed by atoms with E-state index in [0.717, 1.165) is 37.2 Å². The molecule has 0 atom stereocenters. The van der Waals surface area contributed by atoms with Gasteiger partial charge in [0.25, 0.3) is 15.9 Å². The van der Waals surface area contributed by atoms with E-state index in [0.29, 0.717) is 23.5 Å². The van der Waals surface area contributed by atoms with Gasteiger partial charge in [-0.25, -0.2) is 8.42 Å². The highest BCUT2D eigenvalue weighted by atomic mass is 32.2. The molecule has 0 aromatic heterocycles. The third-order valence-electron chi connectivity index (χ3n) is 5.72. The minimum absolute atomic E-state index is 0.0466. The van der Waals surface area contributed by atoms with Gasteiger partial charge in [-0.05, 0) is 60.9 Å². The molecule has 1 fully saturated rings. The van der Waals surface area contributed by atoms with Crippen molar-refractivity contribution in [3.05, 3.63) is 83.9 Å². The molecule has 0 saturated carbocycles. The first-order chi connectivity index (χ1) is 16.8. The quantitative estimate of drug-likeness (QED) is 0.441. The smallest absolute Gasteiger partial charge is 0.261 e. The van der Waals surface area contributed by atoms with Crippen LogP contribution in [-0.4, -0.2) is 33.3 Å². The molecule has 8 nitrogen and oxygen atoms in total. The van der Waals surface area contributed by atoms with Crippen LogP contribution in [0, 0.1) is 0 Å². The monoisotopic (exact) mass is 492 g/mol. The largest absolute Gasteiger partial charge is 0.371 e. The van der Waals surface area contributed by atoms with Gasteiger partial charge in [-0.1, -0.05) is 30.3 Å². The first-order valence-electron chi connectivity index (χ1n) is 11.4. The number of carbonyl (C=O) groups excluding carboxylic acids is 2. The van der Waals surface area contributed by atoms with E-state index in [1.807, 2.05) is 30.3 Å². The molecule has 0 radical (unpaired) electrons. The Morgan fingerprint density at radius 3 is 2.20 bits per heavy atom. The van der Waals surface area contributed by atoms with Gasteiger partial charge in [0, 0.05) is 43.6 Å². The van der Waals surface area contributed by atoms with Crippen molar-refractivity contribution >= 4 is 38.9 Å². The lowest BCUT2D eigenvalue weighted by molar-refractivity contribution is -0.114. The number of nitrogens with one attached hydrogen (secondary N) is 3. The van der Waals surface area contributed by atoms with Crippen LogP contribution in [-0.2, 0) is 21.4 Å². The van der Waals surface area contributed by atoms with Gasteiger partial charge in [0.1, 0.15) is 0 Å². The number of benzene rings is 3. The van der Waals surface area contributed by atoms with Crippen LogP contribution < -0.4 is 20.3 Å². The average molecular weight is 493 g/mol. The molecule has 3 aromatic rings. The summed E-state index contributed by atoms with van der Waals surface area (Å²) in [7, 11) is -3.90. The number of amides is 2. The number of hydrogen-bond donors (Lipinski definition) is 3. The fraction of sp³-hybridized carbons (Fsp3) is 0.231. The van der Waals surface area contributed by atoms with Crippen molar-refractivity contribution in [1.29, 1.82) is 0 Å². The van der Waals surface area contributed by atoms with Crippen LogP contribution in [0.1, 0.15) is 35.7 Å². The number of hydrogen-bond acceptors (Lipinski definition) is 5. The molecule has 3 aromatic carbocycles. The van der Waals surface area contributed by atoms with E-state index in [-0.39, 0.29) is 16.7 Å². The lowest BCUT2D eigenvalue weighted by Crippen LogP contribution is -2.27. The van der Waals surface area contributed by atoms with Crippen molar-refractivity contribution in [3.63, 3.8) is 0 Å². The fourth-order valence-corrected chi connectivity index (χ4v) is 5.07. The second-order valence-corrected chi connectivity index (χ2v) is 10.1. The Hall–Kier alpha value is -3.85. The van der Waals surface area contributed by atoms with Crippen LogP contribution in [0.15, 0.2) is 77.7 Å². The van der Waals surface area contributed by atoms with E-state index in [9.17, 15) is 18.0 Å². The second kappa shape index (κ2) is 10.6. The Labute approximate surface area is 205 Å². The molecule has 1 aliphatic rings. The van der Waals surface area contributed by atoms with Crippen molar-refractivity contribution in [2.75, 3.05) is 28.0 Å². The summed E-state index contributed by atoms with van der Waals surface area (Å²) in [5.41, 5.74) is 2.98. The molecule has 182 valence electrons. The van der Waals surface area contributed by atoms with E-state index >= 15 is 0 Å². The molecule has 4 rings (SSSR count). The molecule has 0 bridgehead atoms. The Balaban J connectivity index is 1.56. The third kappa shape index (κ3) is 6.19. The van der Waals surface area contributed by atoms with Crippen molar-refractivity contribution in [2.45, 2.75) is 31.2 Å². The van der Waals surface area contributed by atoms with Crippen LogP contribution in [0.2, 0.25) is 0 Å². The summed E-state index contributed by atoms with van der Waals surface area (Å²) in [4.78, 5) is 26.6. The normalized spacial score (nSPS) is 13.3. The van der Waals surface area contributed by atoms with Crippen molar-refractivity contribution < 1.29 is 18.0 Å². The van der Waals surface area contributed by atoms with Gasteiger partial charge in [-0.15, -0.1) is 0 Å². The first-order valence-corrected chi connectivity index (χ1v) is 12.9. The summed E-state index contributed by atoms with van der Waals surface area (Å²) in [5.74, 6) is -0.508. The molecule has 3 N–H and O–H groups in total. The van der Waals surface area contributed by atoms with Crippen molar-refractivity contribution in [2.24, 2.45) is 0 Å². The summed E-state index contributed by atoms with van der Waals surface area (Å²) in [6, 6.07) is 20.5. The lowest BCUT2D eigenvalue weighted by Gasteiger charge is -2.22. The van der Waals surface area contributed by atoms with E-state index in [2.05, 4.69) is 20.3 Å². The first kappa shape index (κ1) is 24.3. The molecule has 2 amide bonds. The summed E-state index contributed by atoms with van der Waals surface area (Å²) in [6.45, 7) is 3.46. The van der Waals surface area contributed by atoms with Crippen LogP contribution in [0.5, 0.6) is 0 Å². The molecule has 1 heterocycles. The predicted octanol–water partition coefficient (Wildman–Crippen LogP) is 3.98. The van der Waals surface area contributed by atoms with Gasteiger partial charge in [0.2, 0.25) is 5.91 Å². The van der Waals surface area contributed by atoms with Crippen LogP contribution in [0.3, 0.4) is 0 Å². The standard InChI is InChI=1S/C26H28N4O4S/c1-19(31)28-21-9-12-23(13-10-21)35(33,34)29-22-11-14-25(30-15-5-6-16-30)24(17-22)26(32)27-18-20-7-3-2-4-8-20/h2-4,7-14,17,29H,5-6,15-16,18H2,1H3,(H,27,32)(H,28,31). The Kier molecular flexibility index (Phi) is 7.36. The maximum atomic E-state index is 13.2. The topological polar surface area (TPSA) is 108 Å². The maximum absolute atomic E-state index is 13.2. The molecule has 0 spiro atoms. The van der Waals surface area contributed by atoms with Gasteiger partial charge in [0.05, 0.1) is 10.5 Å². The highest BCUT2D eigenvalue weighted by Gasteiger charge is 2.22. The molecule has 1 saturated heterocycles. The maximum Gasteiger partial charge on any atom is 0.261 e. The second-order valence-electron chi connectivity index (χ2n) is 8.41. The van der Waals surface area contributed by atoms with E-state index in [1.54, 1.807) is 18.2 Å². The summed E-state index contributed by atoms with van der Waals surface area (Å²) < 4.78 is 28.5. The minimum Gasteiger partial charge on any atom is -0.371 e. The number of anilines is 3. The predicted molar refractivity (Wildman–Crippen MR) is 137 cm³/mol. The van der Waals surface area contributed by atoms with Gasteiger partial charge in [-0.2, -0.15) is 0 Å². The van der Waals surface area contributed by atoms with E-state index in [4.69, 9.17) is 0 Å². The van der Waals surface area contributed by atoms with Crippen molar-refractivity contribution in [3.8, 4) is 0 Å². The highest BCUT2D eigenvalue weighted by Crippen LogP contribution is 2.29. The zero-order chi connectivity index (χ0) is 24.8. The van der Waals surface area contributed by atoms with Crippen LogP contribution in [0.4, 0.5) is 17.1 Å². The molecular formula is C26H28N4O4S. The van der Waals surface area contributed by atoms with E-state index < -0.39 is 10.0 Å². The van der Waals surface area contributed by atoms with Crippen LogP contribution >= 0.6 is 0 Å². The molecule has 35 heavy (non-hydrogen) atoms. The number of carbonyl (C=O) groups is 2. The van der Waals surface area contributed by atoms with Gasteiger partial charge < -0.3 is 15.5 Å². The zero-order valence-corrected chi connectivity index (χ0v) is 20.3. The summed E-state index contributed by atoms with van der Waals surface area (Å²) in [6.07, 6.45) is 2.10. The van der Waals surface area contributed by atoms with Gasteiger partial charge in [-0.3, -0.25) is 14.3 Å². The lowest BCUT2D eigenvalue weighted by atomic mass is 10.1. The summed E-state index contributed by atoms with van der Waals surface area (Å²) >= 11 is 0. The van der Waals surface area contributed by atoms with E-state index in [1.165, 1.54) is 31.2 Å². The third-order valence-corrected chi connectivity index (χ3v) is 7.12. The fourth-order valence-electron chi connectivity index (χ4n) is 4.02. The molecule has 9 heteroatoms. The van der Waals surface area contributed by atoms with Crippen molar-refractivity contribution in [1.82, 2.24) is 5.32 Å². The molecular weight excluding hydrogens is 464 g/mol. The number of sulfonamides is 1. The molecule has 0 aliphatic carbocycles. The van der Waals surface area contributed by atoms with Crippen LogP contribution in [0.25, 0.3) is 0 Å². The highest BCUT2D eigenvalue weighted by molar-refractivity contribution is 7.92. The number of nitrogens with zero attached hydrogens (tertiary/aromatic N) is 1. The Bertz CT molecular complexity index is 1300. The molecule has 0 unspecified atom stereocenters. The zero-order valence-electron chi connectivity index (χ0n) is 19.5. The number of rotatable bonds is 8. The Morgan fingerprint density at radius 2 is 1.54 bits per heavy atom. The molecule has 1 aliphatic heterocycles. The van der Waals surface area contributed by atoms with Gasteiger partial charge in [0.15, 0.2) is 0 Å².